The number of esters is 1. The number of hydrogen-bond donors (Lipinski definition) is 0. The molecule has 0 saturated carbocycles. The monoisotopic (exact) mass is 341 g/mol. The Balaban J connectivity index is 2.15. The highest BCUT2D eigenvalue weighted by atomic mass is 16.5. The number of unbranched alkanes of at least 4 members (excludes halogenated alkanes) is 1. The van der Waals surface area contributed by atoms with E-state index < -0.39 is 0 Å². The number of benzene rings is 1. The van der Waals surface area contributed by atoms with Crippen molar-refractivity contribution < 1.29 is 9.53 Å². The van der Waals surface area contributed by atoms with Crippen molar-refractivity contribution in [3.05, 3.63) is 30.1 Å². The lowest BCUT2D eigenvalue weighted by molar-refractivity contribution is -0.141. The Morgan fingerprint density at radius 3 is 2.80 bits per heavy atom. The summed E-state index contributed by atoms with van der Waals surface area (Å²) in [6, 6.07) is 7.80. The van der Waals surface area contributed by atoms with Gasteiger partial charge in [-0.1, -0.05) is 26.7 Å². The highest BCUT2D eigenvalue weighted by Crippen LogP contribution is 2.33. The number of rotatable bonds is 9. The molecule has 0 amide bonds. The maximum atomic E-state index is 10.9. The number of carbonyl (C=O) groups excluding carboxylic acids is 1. The fourth-order valence-corrected chi connectivity index (χ4v) is 3.27. The number of fused-ring (bicyclic) bond motifs is 1. The standard InChI is InChI=1S/C20H27N3O2/c1-4-5-9-20(3,10-6-11-25-16(2)24)14-23-15-22-18-8-7-17(13-21)12-19(18)23/h7-8,12,15H,4-6,9-11,14H2,1-3H3. The average molecular weight is 341 g/mol. The second kappa shape index (κ2) is 8.66. The number of nitrogens with zero attached hydrogens (tertiary/aromatic N) is 3. The summed E-state index contributed by atoms with van der Waals surface area (Å²) in [7, 11) is 0. The number of imidazole rings is 1. The maximum absolute atomic E-state index is 10.9. The molecule has 0 spiro atoms. The summed E-state index contributed by atoms with van der Waals surface area (Å²) in [6.45, 7) is 7.25. The van der Waals surface area contributed by atoms with Crippen LogP contribution in [0, 0.1) is 16.7 Å². The van der Waals surface area contributed by atoms with Crippen molar-refractivity contribution in [3.63, 3.8) is 0 Å². The molecule has 0 fully saturated rings. The molecule has 5 heteroatoms. The van der Waals surface area contributed by atoms with Gasteiger partial charge in [0, 0.05) is 13.5 Å². The van der Waals surface area contributed by atoms with Crippen molar-refractivity contribution in [2.45, 2.75) is 59.4 Å². The van der Waals surface area contributed by atoms with E-state index in [1.165, 1.54) is 13.3 Å². The van der Waals surface area contributed by atoms with Gasteiger partial charge in [-0.2, -0.15) is 5.26 Å². The van der Waals surface area contributed by atoms with Gasteiger partial charge < -0.3 is 9.30 Å². The van der Waals surface area contributed by atoms with Crippen LogP contribution in [0.5, 0.6) is 0 Å². The molecule has 0 aliphatic rings. The molecular formula is C20H27N3O2. The van der Waals surface area contributed by atoms with Crippen LogP contribution in [0.2, 0.25) is 0 Å². The molecule has 1 aromatic carbocycles. The van der Waals surface area contributed by atoms with Gasteiger partial charge in [0.05, 0.1) is 35.6 Å². The first-order chi connectivity index (χ1) is 12.0. The molecule has 0 aliphatic carbocycles. The zero-order valence-corrected chi connectivity index (χ0v) is 15.4. The van der Waals surface area contributed by atoms with E-state index in [0.717, 1.165) is 43.3 Å². The molecule has 1 unspecified atom stereocenters. The van der Waals surface area contributed by atoms with Crippen molar-refractivity contribution >= 4 is 17.0 Å². The molecule has 2 aromatic rings. The Bertz CT molecular complexity index is 760. The lowest BCUT2D eigenvalue weighted by atomic mass is 9.80. The minimum absolute atomic E-state index is 0.104. The van der Waals surface area contributed by atoms with Crippen LogP contribution >= 0.6 is 0 Å². The van der Waals surface area contributed by atoms with E-state index in [2.05, 4.69) is 29.5 Å². The Kier molecular flexibility index (Phi) is 6.58. The van der Waals surface area contributed by atoms with Gasteiger partial charge in [0.2, 0.25) is 0 Å². The molecule has 134 valence electrons. The summed E-state index contributed by atoms with van der Waals surface area (Å²) in [6.07, 6.45) is 7.14. The largest absolute Gasteiger partial charge is 0.466 e. The van der Waals surface area contributed by atoms with Crippen LogP contribution in [0.1, 0.15) is 58.4 Å². The van der Waals surface area contributed by atoms with E-state index in [1.807, 2.05) is 18.5 Å². The molecule has 0 bridgehead atoms. The first-order valence-corrected chi connectivity index (χ1v) is 8.96. The topological polar surface area (TPSA) is 67.9 Å². The molecule has 1 atom stereocenters. The Labute approximate surface area is 149 Å². The van der Waals surface area contributed by atoms with E-state index >= 15 is 0 Å². The SMILES string of the molecule is CCCCC(C)(CCCOC(C)=O)Cn1cnc2ccc(C#N)cc21. The van der Waals surface area contributed by atoms with Crippen molar-refractivity contribution in [1.82, 2.24) is 9.55 Å². The second-order valence-electron chi connectivity index (χ2n) is 7.05. The predicted octanol–water partition coefficient (Wildman–Crippen LogP) is 4.45. The van der Waals surface area contributed by atoms with E-state index in [-0.39, 0.29) is 11.4 Å². The first-order valence-electron chi connectivity index (χ1n) is 8.96. The van der Waals surface area contributed by atoms with Crippen LogP contribution in [0.25, 0.3) is 11.0 Å². The average Bonchev–Trinajstić information content (AvgIpc) is 2.98. The number of carbonyl (C=O) groups is 1. The van der Waals surface area contributed by atoms with Crippen LogP contribution in [0.4, 0.5) is 0 Å². The van der Waals surface area contributed by atoms with Crippen LogP contribution in [-0.4, -0.2) is 22.1 Å². The van der Waals surface area contributed by atoms with E-state index in [1.54, 1.807) is 6.07 Å². The molecule has 0 radical (unpaired) electrons. The third-order valence-corrected chi connectivity index (χ3v) is 4.67. The molecule has 0 N–H and O–H groups in total. The van der Waals surface area contributed by atoms with Crippen molar-refractivity contribution in [2.24, 2.45) is 5.41 Å². The molecule has 1 aromatic heterocycles. The summed E-state index contributed by atoms with van der Waals surface area (Å²) >= 11 is 0. The lowest BCUT2D eigenvalue weighted by Gasteiger charge is -2.30. The van der Waals surface area contributed by atoms with Crippen molar-refractivity contribution in [2.75, 3.05) is 6.61 Å². The summed E-state index contributed by atoms with van der Waals surface area (Å²) in [5.41, 5.74) is 2.67. The molecular weight excluding hydrogens is 314 g/mol. The van der Waals surface area contributed by atoms with Crippen LogP contribution in [-0.2, 0) is 16.1 Å². The van der Waals surface area contributed by atoms with E-state index in [4.69, 9.17) is 10.00 Å². The van der Waals surface area contributed by atoms with Gasteiger partial charge in [-0.3, -0.25) is 4.79 Å². The smallest absolute Gasteiger partial charge is 0.302 e. The van der Waals surface area contributed by atoms with Gasteiger partial charge in [-0.25, -0.2) is 4.98 Å². The third kappa shape index (κ3) is 5.32. The first kappa shape index (κ1) is 19.0. The normalized spacial score (nSPS) is 13.4. The predicted molar refractivity (Wildman–Crippen MR) is 97.9 cm³/mol. The minimum atomic E-state index is -0.222. The van der Waals surface area contributed by atoms with Crippen LogP contribution < -0.4 is 0 Å². The highest BCUT2D eigenvalue weighted by molar-refractivity contribution is 5.77. The van der Waals surface area contributed by atoms with Crippen molar-refractivity contribution in [3.8, 4) is 6.07 Å². The maximum Gasteiger partial charge on any atom is 0.302 e. The van der Waals surface area contributed by atoms with Gasteiger partial charge in [0.1, 0.15) is 0 Å². The Morgan fingerprint density at radius 1 is 1.36 bits per heavy atom. The molecule has 1 heterocycles. The molecule has 0 saturated heterocycles. The third-order valence-electron chi connectivity index (χ3n) is 4.67. The molecule has 0 aliphatic heterocycles. The van der Waals surface area contributed by atoms with Crippen LogP contribution in [0.15, 0.2) is 24.5 Å². The van der Waals surface area contributed by atoms with Gasteiger partial charge >= 0.3 is 5.97 Å². The quantitative estimate of drug-likeness (QED) is 0.499. The van der Waals surface area contributed by atoms with Crippen molar-refractivity contribution in [1.29, 1.82) is 5.26 Å². The molecule has 25 heavy (non-hydrogen) atoms. The molecule has 2 rings (SSSR count). The lowest BCUT2D eigenvalue weighted by Crippen LogP contribution is -2.24. The van der Waals surface area contributed by atoms with Crippen LogP contribution in [0.3, 0.4) is 0 Å². The summed E-state index contributed by atoms with van der Waals surface area (Å²) in [4.78, 5) is 15.4. The van der Waals surface area contributed by atoms with Gasteiger partial charge in [0.15, 0.2) is 0 Å². The Morgan fingerprint density at radius 2 is 2.12 bits per heavy atom. The number of nitriles is 1. The van der Waals surface area contributed by atoms with Gasteiger partial charge in [-0.05, 0) is 42.9 Å². The summed E-state index contributed by atoms with van der Waals surface area (Å²) in [5, 5.41) is 9.14. The minimum Gasteiger partial charge on any atom is -0.466 e. The zero-order chi connectivity index (χ0) is 18.3. The zero-order valence-electron chi connectivity index (χ0n) is 15.4. The number of aromatic nitrogens is 2. The molecule has 5 nitrogen and oxygen atoms in total. The summed E-state index contributed by atoms with van der Waals surface area (Å²) < 4.78 is 7.23. The number of ether oxygens (including phenoxy) is 1. The van der Waals surface area contributed by atoms with E-state index in [0.29, 0.717) is 12.2 Å². The van der Waals surface area contributed by atoms with Gasteiger partial charge in [-0.15, -0.1) is 0 Å². The fraction of sp³-hybridized carbons (Fsp3) is 0.550. The number of hydrogen-bond acceptors (Lipinski definition) is 4. The highest BCUT2D eigenvalue weighted by Gasteiger charge is 2.25. The van der Waals surface area contributed by atoms with Gasteiger partial charge in [0.25, 0.3) is 0 Å². The summed E-state index contributed by atoms with van der Waals surface area (Å²) in [5.74, 6) is -0.222. The van der Waals surface area contributed by atoms with E-state index in [9.17, 15) is 4.79 Å². The fourth-order valence-electron chi connectivity index (χ4n) is 3.27. The second-order valence-corrected chi connectivity index (χ2v) is 7.05. The Hall–Kier alpha value is -2.35.